The lowest BCUT2D eigenvalue weighted by Gasteiger charge is -2.14. The summed E-state index contributed by atoms with van der Waals surface area (Å²) in [4.78, 5) is 14.7. The van der Waals surface area contributed by atoms with Gasteiger partial charge in [0.05, 0.1) is 5.69 Å². The van der Waals surface area contributed by atoms with Crippen molar-refractivity contribution in [3.8, 4) is 17.3 Å². The Balaban J connectivity index is 2.72. The first kappa shape index (κ1) is 14.0. The molecule has 1 N–H and O–H groups in total. The molecule has 2 aromatic rings. The van der Waals surface area contributed by atoms with E-state index in [2.05, 4.69) is 4.98 Å². The number of hydrogen-bond acceptors (Lipinski definition) is 2. The lowest BCUT2D eigenvalue weighted by atomic mass is 10.1. The van der Waals surface area contributed by atoms with Crippen molar-refractivity contribution in [3.05, 3.63) is 57.9 Å². The van der Waals surface area contributed by atoms with Gasteiger partial charge in [-0.2, -0.15) is 5.26 Å². The summed E-state index contributed by atoms with van der Waals surface area (Å²) in [6, 6.07) is 12.2. The van der Waals surface area contributed by atoms with Crippen LogP contribution in [0.1, 0.15) is 11.3 Å². The van der Waals surface area contributed by atoms with Crippen LogP contribution in [0.25, 0.3) is 11.3 Å². The lowest BCUT2D eigenvalue weighted by molar-refractivity contribution is 1.06. The number of nitrogens with zero attached hydrogens (tertiary/aromatic N) is 1. The standard InChI is InChI=1S/C13H7Cl3N2O/c14-13(15,16)12-9(7-17)11(19)6-10(18-12)8-4-2-1-3-5-8/h1-6H,(H,18,19). The molecule has 0 aliphatic carbocycles. The molecule has 0 spiro atoms. The molecule has 0 aliphatic heterocycles. The highest BCUT2D eigenvalue weighted by molar-refractivity contribution is 6.66. The van der Waals surface area contributed by atoms with Gasteiger partial charge in [0.15, 0.2) is 5.43 Å². The smallest absolute Gasteiger partial charge is 0.231 e. The second-order valence-corrected chi connectivity index (χ2v) is 6.05. The quantitative estimate of drug-likeness (QED) is 0.815. The second kappa shape index (κ2) is 5.26. The van der Waals surface area contributed by atoms with E-state index >= 15 is 0 Å². The van der Waals surface area contributed by atoms with Crippen molar-refractivity contribution >= 4 is 34.8 Å². The van der Waals surface area contributed by atoms with Gasteiger partial charge in [-0.15, -0.1) is 0 Å². The first-order chi connectivity index (χ1) is 8.93. The molecule has 0 amide bonds. The number of halogens is 3. The third kappa shape index (κ3) is 2.93. The van der Waals surface area contributed by atoms with Crippen LogP contribution >= 0.6 is 34.8 Å². The van der Waals surface area contributed by atoms with Crippen molar-refractivity contribution in [1.82, 2.24) is 4.98 Å². The van der Waals surface area contributed by atoms with Crippen LogP contribution < -0.4 is 5.43 Å². The van der Waals surface area contributed by atoms with Gasteiger partial charge in [-0.3, -0.25) is 4.79 Å². The fraction of sp³-hybridized carbons (Fsp3) is 0.0769. The summed E-state index contributed by atoms with van der Waals surface area (Å²) in [5.74, 6) is 0. The van der Waals surface area contributed by atoms with Gasteiger partial charge in [-0.25, -0.2) is 0 Å². The predicted molar refractivity (Wildman–Crippen MR) is 76.5 cm³/mol. The molecule has 0 unspecified atom stereocenters. The zero-order valence-electron chi connectivity index (χ0n) is 9.45. The van der Waals surface area contributed by atoms with Gasteiger partial charge in [-0.05, 0) is 5.56 Å². The highest BCUT2D eigenvalue weighted by atomic mass is 35.6. The maximum Gasteiger partial charge on any atom is 0.231 e. The minimum Gasteiger partial charge on any atom is -0.354 e. The first-order valence-corrected chi connectivity index (χ1v) is 6.37. The molecule has 0 aliphatic rings. The third-order valence-electron chi connectivity index (χ3n) is 2.51. The molecule has 6 heteroatoms. The molecule has 1 heterocycles. The van der Waals surface area contributed by atoms with E-state index in [1.807, 2.05) is 18.2 Å². The molecule has 0 saturated heterocycles. The molecule has 0 saturated carbocycles. The average molecular weight is 314 g/mol. The molecule has 96 valence electrons. The Morgan fingerprint density at radius 1 is 1.16 bits per heavy atom. The average Bonchev–Trinajstić information content (AvgIpc) is 2.37. The Morgan fingerprint density at radius 2 is 1.79 bits per heavy atom. The molecular weight excluding hydrogens is 307 g/mol. The molecule has 2 rings (SSSR count). The van der Waals surface area contributed by atoms with E-state index in [-0.39, 0.29) is 11.3 Å². The van der Waals surface area contributed by atoms with Gasteiger partial charge in [0.25, 0.3) is 0 Å². The van der Waals surface area contributed by atoms with E-state index in [1.165, 1.54) is 6.07 Å². The number of nitrogens with one attached hydrogen (secondary N) is 1. The van der Waals surface area contributed by atoms with Crippen LogP contribution in [0.2, 0.25) is 0 Å². The molecule has 1 aromatic carbocycles. The summed E-state index contributed by atoms with van der Waals surface area (Å²) in [5.41, 5.74) is 0.554. The summed E-state index contributed by atoms with van der Waals surface area (Å²) >= 11 is 17.4. The zero-order chi connectivity index (χ0) is 14.0. The van der Waals surface area contributed by atoms with Gasteiger partial charge in [0.2, 0.25) is 3.79 Å². The highest BCUT2D eigenvalue weighted by Gasteiger charge is 2.29. The Labute approximate surface area is 124 Å². The molecule has 0 atom stereocenters. The number of rotatable bonds is 1. The van der Waals surface area contributed by atoms with E-state index in [0.29, 0.717) is 5.69 Å². The minimum atomic E-state index is -1.87. The summed E-state index contributed by atoms with van der Waals surface area (Å²) < 4.78 is -1.87. The Bertz CT molecular complexity index is 697. The summed E-state index contributed by atoms with van der Waals surface area (Å²) in [6.45, 7) is 0. The SMILES string of the molecule is N#Cc1c(C(Cl)(Cl)Cl)[nH]c(-c2ccccc2)cc1=O. The minimum absolute atomic E-state index is 0.0219. The summed E-state index contributed by atoms with van der Waals surface area (Å²) in [5, 5.41) is 8.98. The monoisotopic (exact) mass is 312 g/mol. The van der Waals surface area contributed by atoms with Gasteiger partial charge >= 0.3 is 0 Å². The van der Waals surface area contributed by atoms with Crippen molar-refractivity contribution in [1.29, 1.82) is 5.26 Å². The zero-order valence-corrected chi connectivity index (χ0v) is 11.7. The fourth-order valence-electron chi connectivity index (χ4n) is 1.66. The molecule has 1 aromatic heterocycles. The molecule has 0 bridgehead atoms. The van der Waals surface area contributed by atoms with Gasteiger partial charge < -0.3 is 4.98 Å². The fourth-order valence-corrected chi connectivity index (χ4v) is 2.08. The first-order valence-electron chi connectivity index (χ1n) is 5.23. The number of pyridine rings is 1. The molecule has 0 radical (unpaired) electrons. The Morgan fingerprint density at radius 3 is 2.32 bits per heavy atom. The van der Waals surface area contributed by atoms with Crippen LogP contribution in [0.3, 0.4) is 0 Å². The maximum atomic E-state index is 11.9. The van der Waals surface area contributed by atoms with Crippen LogP contribution in [0, 0.1) is 11.3 Å². The highest BCUT2D eigenvalue weighted by Crippen LogP contribution is 2.38. The van der Waals surface area contributed by atoms with Crippen LogP contribution in [-0.4, -0.2) is 4.98 Å². The van der Waals surface area contributed by atoms with E-state index in [9.17, 15) is 4.79 Å². The van der Waals surface area contributed by atoms with Crippen molar-refractivity contribution < 1.29 is 0 Å². The number of aromatic nitrogens is 1. The predicted octanol–water partition coefficient (Wildman–Crippen LogP) is 3.74. The van der Waals surface area contributed by atoms with Gasteiger partial charge in [0, 0.05) is 11.8 Å². The van der Waals surface area contributed by atoms with E-state index < -0.39 is 9.22 Å². The van der Waals surface area contributed by atoms with Crippen LogP contribution in [-0.2, 0) is 3.79 Å². The number of H-pyrrole nitrogens is 1. The number of aromatic amines is 1. The number of benzene rings is 1. The molecule has 3 nitrogen and oxygen atoms in total. The summed E-state index contributed by atoms with van der Waals surface area (Å²) in [7, 11) is 0. The van der Waals surface area contributed by atoms with Gasteiger partial charge in [0.1, 0.15) is 11.6 Å². The van der Waals surface area contributed by atoms with Crippen LogP contribution in [0.4, 0.5) is 0 Å². The van der Waals surface area contributed by atoms with Gasteiger partial charge in [-0.1, -0.05) is 65.1 Å². The normalized spacial score (nSPS) is 11.1. The second-order valence-electron chi connectivity index (χ2n) is 3.77. The van der Waals surface area contributed by atoms with Crippen LogP contribution in [0.15, 0.2) is 41.2 Å². The molecule has 19 heavy (non-hydrogen) atoms. The summed E-state index contributed by atoms with van der Waals surface area (Å²) in [6.07, 6.45) is 0. The largest absolute Gasteiger partial charge is 0.354 e. The number of alkyl halides is 3. The van der Waals surface area contributed by atoms with E-state index in [4.69, 9.17) is 40.1 Å². The van der Waals surface area contributed by atoms with Crippen LogP contribution in [0.5, 0.6) is 0 Å². The third-order valence-corrected chi connectivity index (χ3v) is 3.08. The lowest BCUT2D eigenvalue weighted by Crippen LogP contribution is -2.17. The molecular formula is C13H7Cl3N2O. The maximum absolute atomic E-state index is 11.9. The molecule has 0 fully saturated rings. The van der Waals surface area contributed by atoms with E-state index in [1.54, 1.807) is 18.2 Å². The number of nitriles is 1. The number of hydrogen-bond donors (Lipinski definition) is 1. The van der Waals surface area contributed by atoms with Crippen molar-refractivity contribution in [2.24, 2.45) is 0 Å². The Kier molecular flexibility index (Phi) is 3.86. The van der Waals surface area contributed by atoms with E-state index in [0.717, 1.165) is 5.56 Å². The van der Waals surface area contributed by atoms with Crippen molar-refractivity contribution in [2.45, 2.75) is 3.79 Å². The topological polar surface area (TPSA) is 56.6 Å². The van der Waals surface area contributed by atoms with Crippen molar-refractivity contribution in [3.63, 3.8) is 0 Å². The van der Waals surface area contributed by atoms with Crippen molar-refractivity contribution in [2.75, 3.05) is 0 Å². The Hall–Kier alpha value is -1.47.